The van der Waals surface area contributed by atoms with Gasteiger partial charge in [0.15, 0.2) is 6.61 Å². The second kappa shape index (κ2) is 7.81. The number of hydrogen-bond acceptors (Lipinski definition) is 4. The molecule has 2 aromatic carbocycles. The molecule has 0 aliphatic rings. The van der Waals surface area contributed by atoms with Crippen molar-refractivity contribution in [2.75, 3.05) is 18.5 Å². The van der Waals surface area contributed by atoms with Crippen molar-refractivity contribution in [1.82, 2.24) is 0 Å². The molecule has 4 nitrogen and oxygen atoms in total. The monoisotopic (exact) mass is 282 g/mol. The fraction of sp³-hybridized carbons (Fsp3) is 0.235. The van der Waals surface area contributed by atoms with Gasteiger partial charge < -0.3 is 14.8 Å². The van der Waals surface area contributed by atoms with Crippen LogP contribution in [0.1, 0.15) is 12.5 Å². The molecular formula is C17H18N2O2. The summed E-state index contributed by atoms with van der Waals surface area (Å²) in [5, 5.41) is 11.8. The maximum absolute atomic E-state index is 8.46. The Labute approximate surface area is 124 Å². The molecule has 0 saturated heterocycles. The standard InChI is InChI=1S/C17H18N2O2/c1-2-20-17-6-4-3-5-14(17)13-19-15-7-9-16(10-8-15)21-12-11-18/h3-10,19H,2,12-13H2,1H3. The van der Waals surface area contributed by atoms with E-state index in [0.717, 1.165) is 17.0 Å². The lowest BCUT2D eigenvalue weighted by atomic mass is 10.2. The van der Waals surface area contributed by atoms with Gasteiger partial charge in [0.1, 0.15) is 17.6 Å². The van der Waals surface area contributed by atoms with Crippen LogP contribution in [0.15, 0.2) is 48.5 Å². The van der Waals surface area contributed by atoms with Gasteiger partial charge in [-0.1, -0.05) is 18.2 Å². The molecule has 0 aromatic heterocycles. The third-order valence-corrected chi connectivity index (χ3v) is 2.91. The first-order chi connectivity index (χ1) is 10.3. The second-order valence-electron chi connectivity index (χ2n) is 4.37. The van der Waals surface area contributed by atoms with Gasteiger partial charge in [-0.05, 0) is 37.3 Å². The Morgan fingerprint density at radius 2 is 1.81 bits per heavy atom. The molecule has 21 heavy (non-hydrogen) atoms. The summed E-state index contributed by atoms with van der Waals surface area (Å²) < 4.78 is 10.8. The third-order valence-electron chi connectivity index (χ3n) is 2.91. The van der Waals surface area contributed by atoms with Crippen molar-refractivity contribution in [2.45, 2.75) is 13.5 Å². The Kier molecular flexibility index (Phi) is 5.48. The average Bonchev–Trinajstić information content (AvgIpc) is 2.53. The number of nitriles is 1. The number of nitrogens with one attached hydrogen (secondary N) is 1. The zero-order valence-corrected chi connectivity index (χ0v) is 12.0. The third kappa shape index (κ3) is 4.43. The van der Waals surface area contributed by atoms with Crippen LogP contribution in [0.4, 0.5) is 5.69 Å². The maximum Gasteiger partial charge on any atom is 0.174 e. The van der Waals surface area contributed by atoms with Gasteiger partial charge in [-0.15, -0.1) is 0 Å². The summed E-state index contributed by atoms with van der Waals surface area (Å²) >= 11 is 0. The van der Waals surface area contributed by atoms with E-state index in [9.17, 15) is 0 Å². The quantitative estimate of drug-likeness (QED) is 0.843. The molecule has 2 rings (SSSR count). The smallest absolute Gasteiger partial charge is 0.174 e. The van der Waals surface area contributed by atoms with E-state index in [1.807, 2.05) is 61.5 Å². The average molecular weight is 282 g/mol. The molecular weight excluding hydrogens is 264 g/mol. The zero-order valence-electron chi connectivity index (χ0n) is 12.0. The van der Waals surface area contributed by atoms with Gasteiger partial charge in [-0.3, -0.25) is 0 Å². The van der Waals surface area contributed by atoms with Crippen LogP contribution in [0.5, 0.6) is 11.5 Å². The zero-order chi connectivity index (χ0) is 14.9. The number of anilines is 1. The summed E-state index contributed by atoms with van der Waals surface area (Å²) in [5.41, 5.74) is 2.11. The van der Waals surface area contributed by atoms with Crippen molar-refractivity contribution in [3.8, 4) is 17.6 Å². The molecule has 0 spiro atoms. The first-order valence-corrected chi connectivity index (χ1v) is 6.88. The normalized spacial score (nSPS) is 9.71. The molecule has 0 aliphatic heterocycles. The van der Waals surface area contributed by atoms with E-state index >= 15 is 0 Å². The van der Waals surface area contributed by atoms with Crippen LogP contribution in [0.25, 0.3) is 0 Å². The van der Waals surface area contributed by atoms with Gasteiger partial charge in [0.25, 0.3) is 0 Å². The molecule has 1 N–H and O–H groups in total. The Morgan fingerprint density at radius 1 is 1.05 bits per heavy atom. The highest BCUT2D eigenvalue weighted by Gasteiger charge is 2.02. The van der Waals surface area contributed by atoms with E-state index in [2.05, 4.69) is 5.32 Å². The molecule has 0 heterocycles. The van der Waals surface area contributed by atoms with Crippen LogP contribution in [0.2, 0.25) is 0 Å². The highest BCUT2D eigenvalue weighted by Crippen LogP contribution is 2.21. The predicted octanol–water partition coefficient (Wildman–Crippen LogP) is 3.60. The van der Waals surface area contributed by atoms with Crippen molar-refractivity contribution >= 4 is 5.69 Å². The predicted molar refractivity (Wildman–Crippen MR) is 82.5 cm³/mol. The van der Waals surface area contributed by atoms with E-state index in [0.29, 0.717) is 18.9 Å². The highest BCUT2D eigenvalue weighted by atomic mass is 16.5. The van der Waals surface area contributed by atoms with Crippen molar-refractivity contribution in [2.24, 2.45) is 0 Å². The van der Waals surface area contributed by atoms with Gasteiger partial charge in [0.05, 0.1) is 6.61 Å². The van der Waals surface area contributed by atoms with Gasteiger partial charge in [0, 0.05) is 17.8 Å². The maximum atomic E-state index is 8.46. The molecule has 0 unspecified atom stereocenters. The first kappa shape index (κ1) is 14.7. The lowest BCUT2D eigenvalue weighted by Crippen LogP contribution is -2.03. The van der Waals surface area contributed by atoms with Gasteiger partial charge in [-0.2, -0.15) is 5.26 Å². The molecule has 0 bridgehead atoms. The van der Waals surface area contributed by atoms with Gasteiger partial charge >= 0.3 is 0 Å². The molecule has 108 valence electrons. The molecule has 2 aromatic rings. The van der Waals surface area contributed by atoms with E-state index < -0.39 is 0 Å². The number of para-hydroxylation sites is 1. The lowest BCUT2D eigenvalue weighted by Gasteiger charge is -2.12. The summed E-state index contributed by atoms with van der Waals surface area (Å²) in [6.45, 7) is 3.38. The number of ether oxygens (including phenoxy) is 2. The highest BCUT2D eigenvalue weighted by molar-refractivity contribution is 5.48. The fourth-order valence-electron chi connectivity index (χ4n) is 1.93. The topological polar surface area (TPSA) is 54.3 Å². The van der Waals surface area contributed by atoms with Crippen molar-refractivity contribution < 1.29 is 9.47 Å². The van der Waals surface area contributed by atoms with Crippen LogP contribution >= 0.6 is 0 Å². The Morgan fingerprint density at radius 3 is 2.52 bits per heavy atom. The Bertz CT molecular complexity index is 603. The van der Waals surface area contributed by atoms with Gasteiger partial charge in [0.2, 0.25) is 0 Å². The van der Waals surface area contributed by atoms with E-state index in [4.69, 9.17) is 14.7 Å². The SMILES string of the molecule is CCOc1ccccc1CNc1ccc(OCC#N)cc1. The van der Waals surface area contributed by atoms with Crippen LogP contribution < -0.4 is 14.8 Å². The Hall–Kier alpha value is -2.67. The van der Waals surface area contributed by atoms with Crippen molar-refractivity contribution in [1.29, 1.82) is 5.26 Å². The molecule has 0 saturated carbocycles. The number of benzene rings is 2. The van der Waals surface area contributed by atoms with E-state index in [1.165, 1.54) is 0 Å². The van der Waals surface area contributed by atoms with E-state index in [1.54, 1.807) is 0 Å². The molecule has 0 radical (unpaired) electrons. The molecule has 0 amide bonds. The summed E-state index contributed by atoms with van der Waals surface area (Å²) in [5.74, 6) is 1.60. The Balaban J connectivity index is 1.95. The van der Waals surface area contributed by atoms with Crippen LogP contribution in [0.3, 0.4) is 0 Å². The lowest BCUT2D eigenvalue weighted by molar-refractivity contribution is 0.337. The molecule has 0 fully saturated rings. The fourth-order valence-corrected chi connectivity index (χ4v) is 1.93. The van der Waals surface area contributed by atoms with Crippen LogP contribution in [-0.4, -0.2) is 13.2 Å². The molecule has 0 aliphatic carbocycles. The molecule has 4 heteroatoms. The largest absolute Gasteiger partial charge is 0.494 e. The summed E-state index contributed by atoms with van der Waals surface area (Å²) in [7, 11) is 0. The summed E-state index contributed by atoms with van der Waals surface area (Å²) in [4.78, 5) is 0. The van der Waals surface area contributed by atoms with Crippen LogP contribution in [0, 0.1) is 11.3 Å². The minimum absolute atomic E-state index is 0.0640. The van der Waals surface area contributed by atoms with Crippen molar-refractivity contribution in [3.63, 3.8) is 0 Å². The minimum Gasteiger partial charge on any atom is -0.494 e. The minimum atomic E-state index is 0.0640. The number of rotatable bonds is 7. The van der Waals surface area contributed by atoms with Crippen LogP contribution in [-0.2, 0) is 6.54 Å². The second-order valence-corrected chi connectivity index (χ2v) is 4.37. The van der Waals surface area contributed by atoms with Crippen molar-refractivity contribution in [3.05, 3.63) is 54.1 Å². The van der Waals surface area contributed by atoms with Gasteiger partial charge in [-0.25, -0.2) is 0 Å². The number of nitrogens with zero attached hydrogens (tertiary/aromatic N) is 1. The first-order valence-electron chi connectivity index (χ1n) is 6.88. The summed E-state index contributed by atoms with van der Waals surface area (Å²) in [6.07, 6.45) is 0. The summed E-state index contributed by atoms with van der Waals surface area (Å²) in [6, 6.07) is 17.5. The molecule has 0 atom stereocenters. The number of hydrogen-bond donors (Lipinski definition) is 1. The van der Waals surface area contributed by atoms with E-state index in [-0.39, 0.29) is 6.61 Å².